The molecule has 7 nitrogen and oxygen atoms in total. The van der Waals surface area contributed by atoms with Crippen LogP contribution in [0.15, 0.2) is 75.3 Å². The molecule has 0 aliphatic heterocycles. The van der Waals surface area contributed by atoms with Crippen LogP contribution in [0.3, 0.4) is 0 Å². The van der Waals surface area contributed by atoms with Gasteiger partial charge in [0.15, 0.2) is 0 Å². The first kappa shape index (κ1) is 20.5. The quantitative estimate of drug-likeness (QED) is 0.346. The molecule has 0 atom stereocenters. The molecule has 0 bridgehead atoms. The molecule has 160 valence electrons. The van der Waals surface area contributed by atoms with Crippen molar-refractivity contribution in [2.45, 2.75) is 11.4 Å². The molecule has 0 amide bonds. The van der Waals surface area contributed by atoms with E-state index in [-0.39, 0.29) is 12.1 Å². The van der Waals surface area contributed by atoms with Crippen LogP contribution in [-0.4, -0.2) is 30.5 Å². The Balaban J connectivity index is 1.47. The van der Waals surface area contributed by atoms with Crippen molar-refractivity contribution in [1.82, 2.24) is 24.3 Å². The number of hydrogen-bond acceptors (Lipinski definition) is 6. The number of fused-ring (bicyclic) bond motifs is 1. The zero-order valence-corrected chi connectivity index (χ0v) is 18.9. The molecular weight excluding hydrogens is 446 g/mol. The highest BCUT2D eigenvalue weighted by atomic mass is 35.5. The maximum atomic E-state index is 13.2. The van der Waals surface area contributed by atoms with Crippen molar-refractivity contribution in [1.29, 1.82) is 0 Å². The van der Waals surface area contributed by atoms with Gasteiger partial charge >= 0.3 is 0 Å². The van der Waals surface area contributed by atoms with Crippen molar-refractivity contribution in [3.8, 4) is 22.5 Å². The topological polar surface area (TPSA) is 78.7 Å². The van der Waals surface area contributed by atoms with E-state index in [2.05, 4.69) is 15.1 Å². The van der Waals surface area contributed by atoms with Crippen molar-refractivity contribution in [3.63, 3.8) is 0 Å². The lowest BCUT2D eigenvalue weighted by molar-refractivity contribution is 0.369. The summed E-state index contributed by atoms with van der Waals surface area (Å²) in [5.41, 5.74) is 3.63. The fraction of sp³-hybridized carbons (Fsp3) is 0.130. The van der Waals surface area contributed by atoms with Crippen molar-refractivity contribution >= 4 is 34.4 Å². The van der Waals surface area contributed by atoms with Crippen molar-refractivity contribution < 1.29 is 4.52 Å². The second kappa shape index (κ2) is 8.29. The van der Waals surface area contributed by atoms with Gasteiger partial charge in [-0.25, -0.2) is 4.98 Å². The molecule has 0 radical (unpaired) electrons. The van der Waals surface area contributed by atoms with Gasteiger partial charge in [0.1, 0.15) is 17.6 Å². The molecule has 3 heterocycles. The minimum Gasteiger partial charge on any atom is -0.344 e. The van der Waals surface area contributed by atoms with Crippen LogP contribution in [0.5, 0.6) is 0 Å². The number of thioether (sulfide) groups is 1. The molecule has 0 aliphatic carbocycles. The highest BCUT2D eigenvalue weighted by Crippen LogP contribution is 2.28. The Morgan fingerprint density at radius 3 is 2.50 bits per heavy atom. The lowest BCUT2D eigenvalue weighted by Crippen LogP contribution is -2.22. The smallest absolute Gasteiger partial charge is 0.278 e. The summed E-state index contributed by atoms with van der Waals surface area (Å²) in [5.74, 6) is 0.822. The lowest BCUT2D eigenvalue weighted by atomic mass is 10.1. The van der Waals surface area contributed by atoms with Gasteiger partial charge < -0.3 is 9.09 Å². The molecule has 0 saturated heterocycles. The number of aryl methyl sites for hydroxylation is 1. The number of rotatable bonds is 5. The summed E-state index contributed by atoms with van der Waals surface area (Å²) < 4.78 is 8.65. The van der Waals surface area contributed by atoms with E-state index in [1.165, 1.54) is 10.9 Å². The summed E-state index contributed by atoms with van der Waals surface area (Å²) in [5, 5.41) is 4.71. The predicted octanol–water partition coefficient (Wildman–Crippen LogP) is 4.88. The van der Waals surface area contributed by atoms with E-state index >= 15 is 0 Å². The van der Waals surface area contributed by atoms with E-state index in [0.29, 0.717) is 27.8 Å². The molecule has 3 aromatic heterocycles. The third-order valence-corrected chi connectivity index (χ3v) is 6.22. The first-order valence-electron chi connectivity index (χ1n) is 9.81. The Morgan fingerprint density at radius 2 is 1.78 bits per heavy atom. The van der Waals surface area contributed by atoms with Gasteiger partial charge in [-0.15, -0.1) is 11.8 Å². The maximum Gasteiger partial charge on any atom is 0.278 e. The summed E-state index contributed by atoms with van der Waals surface area (Å²) in [6, 6.07) is 15.4. The SMILES string of the molecule is CSc1ccc(-c2noc(Cn3cnc4c(-c5ccc(Cl)cc5)cn(C)c4c3=O)n2)cc1. The molecule has 0 unspecified atom stereocenters. The van der Waals surface area contributed by atoms with Gasteiger partial charge in [0.25, 0.3) is 5.56 Å². The van der Waals surface area contributed by atoms with Crippen molar-refractivity contribution in [2.24, 2.45) is 7.05 Å². The molecule has 9 heteroatoms. The summed E-state index contributed by atoms with van der Waals surface area (Å²) in [6.07, 6.45) is 5.44. The van der Waals surface area contributed by atoms with Gasteiger partial charge in [0.2, 0.25) is 11.7 Å². The average Bonchev–Trinajstić information content (AvgIpc) is 3.41. The van der Waals surface area contributed by atoms with Crippen LogP contribution in [0.4, 0.5) is 0 Å². The summed E-state index contributed by atoms with van der Waals surface area (Å²) in [6.45, 7) is 0.138. The molecule has 0 aliphatic rings. The van der Waals surface area contributed by atoms with E-state index in [0.717, 1.165) is 21.6 Å². The second-order valence-corrected chi connectivity index (χ2v) is 8.59. The van der Waals surface area contributed by atoms with E-state index in [4.69, 9.17) is 16.1 Å². The average molecular weight is 464 g/mol. The largest absolute Gasteiger partial charge is 0.344 e. The third kappa shape index (κ3) is 3.72. The third-order valence-electron chi connectivity index (χ3n) is 5.22. The molecule has 0 fully saturated rings. The molecule has 2 aromatic carbocycles. The Labute approximate surface area is 192 Å². The zero-order chi connectivity index (χ0) is 22.2. The Bertz CT molecular complexity index is 1470. The van der Waals surface area contributed by atoms with Crippen LogP contribution in [0.1, 0.15) is 5.89 Å². The highest BCUT2D eigenvalue weighted by Gasteiger charge is 2.16. The molecule has 5 aromatic rings. The Kier molecular flexibility index (Phi) is 5.32. The molecule has 0 spiro atoms. The van der Waals surface area contributed by atoms with Gasteiger partial charge in [-0.2, -0.15) is 4.98 Å². The minimum absolute atomic E-state index is 0.138. The number of aromatic nitrogens is 5. The fourth-order valence-electron chi connectivity index (χ4n) is 3.59. The van der Waals surface area contributed by atoms with Crippen LogP contribution in [0, 0.1) is 0 Å². The number of halogens is 1. The minimum atomic E-state index is -0.179. The van der Waals surface area contributed by atoms with Crippen LogP contribution >= 0.6 is 23.4 Å². The molecule has 0 N–H and O–H groups in total. The molecule has 0 saturated carbocycles. The molecular formula is C23H18ClN5O2S. The number of benzene rings is 2. The van der Waals surface area contributed by atoms with Crippen LogP contribution in [0.2, 0.25) is 5.02 Å². The van der Waals surface area contributed by atoms with Gasteiger partial charge in [-0.1, -0.05) is 28.9 Å². The summed E-state index contributed by atoms with van der Waals surface area (Å²) >= 11 is 7.67. The van der Waals surface area contributed by atoms with Gasteiger partial charge in [-0.05, 0) is 48.2 Å². The number of nitrogens with zero attached hydrogens (tertiary/aromatic N) is 5. The van der Waals surface area contributed by atoms with E-state index in [9.17, 15) is 4.79 Å². The van der Waals surface area contributed by atoms with Crippen molar-refractivity contribution in [3.05, 3.63) is 82.3 Å². The highest BCUT2D eigenvalue weighted by molar-refractivity contribution is 7.98. The van der Waals surface area contributed by atoms with Gasteiger partial charge in [-0.3, -0.25) is 9.36 Å². The second-order valence-electron chi connectivity index (χ2n) is 7.28. The Morgan fingerprint density at radius 1 is 1.06 bits per heavy atom. The van der Waals surface area contributed by atoms with Crippen LogP contribution in [0.25, 0.3) is 33.5 Å². The standard InChI is InChI=1S/C23H18ClN5O2S/c1-28-11-18(14-3-7-16(24)8-4-14)20-21(28)23(30)29(13-25-20)12-19-26-22(27-31-19)15-5-9-17(32-2)10-6-15/h3-11,13H,12H2,1-2H3. The van der Waals surface area contributed by atoms with Crippen LogP contribution in [-0.2, 0) is 13.6 Å². The maximum absolute atomic E-state index is 13.2. The predicted molar refractivity (Wildman–Crippen MR) is 126 cm³/mol. The fourth-order valence-corrected chi connectivity index (χ4v) is 4.12. The van der Waals surface area contributed by atoms with E-state index in [1.54, 1.807) is 16.3 Å². The summed E-state index contributed by atoms with van der Waals surface area (Å²) in [7, 11) is 1.83. The van der Waals surface area contributed by atoms with Crippen molar-refractivity contribution in [2.75, 3.05) is 6.26 Å². The van der Waals surface area contributed by atoms with Gasteiger partial charge in [0.05, 0.1) is 6.33 Å². The molecule has 32 heavy (non-hydrogen) atoms. The monoisotopic (exact) mass is 463 g/mol. The lowest BCUT2D eigenvalue weighted by Gasteiger charge is -2.03. The normalized spacial score (nSPS) is 11.3. The number of hydrogen-bond donors (Lipinski definition) is 0. The van der Waals surface area contributed by atoms with E-state index < -0.39 is 0 Å². The Hall–Kier alpha value is -3.36. The zero-order valence-electron chi connectivity index (χ0n) is 17.3. The first-order chi connectivity index (χ1) is 15.5. The summed E-state index contributed by atoms with van der Waals surface area (Å²) in [4.78, 5) is 23.3. The van der Waals surface area contributed by atoms with E-state index in [1.807, 2.05) is 68.0 Å². The van der Waals surface area contributed by atoms with Crippen LogP contribution < -0.4 is 5.56 Å². The molecule has 5 rings (SSSR count). The first-order valence-corrected chi connectivity index (χ1v) is 11.4. The van der Waals surface area contributed by atoms with Gasteiger partial charge in [0, 0.05) is 34.3 Å².